The van der Waals surface area contributed by atoms with Crippen molar-refractivity contribution in [1.29, 1.82) is 0 Å². The summed E-state index contributed by atoms with van der Waals surface area (Å²) >= 11 is 0. The largest absolute Gasteiger partial charge is 0.466 e. The van der Waals surface area contributed by atoms with E-state index in [1.165, 1.54) is 0 Å². The lowest BCUT2D eigenvalue weighted by atomic mass is 10.0. The molecule has 0 bridgehead atoms. The first-order valence-electron chi connectivity index (χ1n) is 5.40. The van der Waals surface area contributed by atoms with Gasteiger partial charge in [-0.1, -0.05) is 19.8 Å². The van der Waals surface area contributed by atoms with Gasteiger partial charge in [0.15, 0.2) is 0 Å². The van der Waals surface area contributed by atoms with Gasteiger partial charge < -0.3 is 10.5 Å². The lowest BCUT2D eigenvalue weighted by Crippen LogP contribution is -2.32. The van der Waals surface area contributed by atoms with Crippen molar-refractivity contribution >= 4 is 5.97 Å². The van der Waals surface area contributed by atoms with Gasteiger partial charge in [-0.05, 0) is 26.7 Å². The number of hydrogen-bond donors (Lipinski definition) is 1. The Morgan fingerprint density at radius 2 is 2.00 bits per heavy atom. The summed E-state index contributed by atoms with van der Waals surface area (Å²) in [6.45, 7) is 6.51. The first kappa shape index (κ1) is 13.4. The first-order chi connectivity index (χ1) is 6.45. The van der Waals surface area contributed by atoms with Crippen LogP contribution in [0.2, 0.25) is 0 Å². The highest BCUT2D eigenvalue weighted by atomic mass is 16.5. The van der Waals surface area contributed by atoms with Gasteiger partial charge in [-0.25, -0.2) is 0 Å². The van der Waals surface area contributed by atoms with Crippen molar-refractivity contribution in [3.8, 4) is 0 Å². The van der Waals surface area contributed by atoms with Gasteiger partial charge in [0.25, 0.3) is 0 Å². The highest BCUT2D eigenvalue weighted by Gasteiger charge is 2.13. The predicted molar refractivity (Wildman–Crippen MR) is 58.0 cm³/mol. The molecule has 0 aromatic carbocycles. The van der Waals surface area contributed by atoms with Crippen molar-refractivity contribution in [3.05, 3.63) is 0 Å². The molecule has 2 N–H and O–H groups in total. The Bertz CT molecular complexity index is 161. The van der Waals surface area contributed by atoms with Crippen LogP contribution >= 0.6 is 0 Å². The van der Waals surface area contributed by atoms with Crippen molar-refractivity contribution in [2.45, 2.75) is 58.4 Å². The highest BCUT2D eigenvalue weighted by molar-refractivity contribution is 5.69. The smallest absolute Gasteiger partial charge is 0.305 e. The Labute approximate surface area is 87.0 Å². The Kier molecular flexibility index (Phi) is 6.54. The third-order valence-corrected chi connectivity index (χ3v) is 1.98. The average Bonchev–Trinajstić information content (AvgIpc) is 2.08. The van der Waals surface area contributed by atoms with Gasteiger partial charge in [-0.15, -0.1) is 0 Å². The standard InChI is InChI=1S/C11H23NO2/c1-4-5-6-9-14-10(13)7-8-11(2,3)12/h4-9,12H2,1-3H3. The van der Waals surface area contributed by atoms with E-state index in [1.54, 1.807) is 0 Å². The van der Waals surface area contributed by atoms with Crippen LogP contribution in [0, 0.1) is 0 Å². The maximum absolute atomic E-state index is 11.2. The Balaban J connectivity index is 3.38. The third kappa shape index (κ3) is 9.52. The summed E-state index contributed by atoms with van der Waals surface area (Å²) in [7, 11) is 0. The van der Waals surface area contributed by atoms with Crippen LogP contribution in [-0.4, -0.2) is 18.1 Å². The molecule has 0 unspecified atom stereocenters. The molecule has 0 saturated carbocycles. The van der Waals surface area contributed by atoms with Gasteiger partial charge in [0.05, 0.1) is 6.61 Å². The molecular weight excluding hydrogens is 178 g/mol. The molecule has 0 amide bonds. The van der Waals surface area contributed by atoms with Gasteiger partial charge in [-0.2, -0.15) is 0 Å². The predicted octanol–water partition coefficient (Wildman–Crippen LogP) is 2.24. The maximum Gasteiger partial charge on any atom is 0.305 e. The fraction of sp³-hybridized carbons (Fsp3) is 0.909. The van der Waals surface area contributed by atoms with E-state index in [2.05, 4.69) is 6.92 Å². The monoisotopic (exact) mass is 201 g/mol. The van der Waals surface area contributed by atoms with Gasteiger partial charge >= 0.3 is 5.97 Å². The number of carbonyl (C=O) groups is 1. The van der Waals surface area contributed by atoms with Crippen molar-refractivity contribution < 1.29 is 9.53 Å². The van der Waals surface area contributed by atoms with Crippen molar-refractivity contribution in [2.75, 3.05) is 6.61 Å². The summed E-state index contributed by atoms with van der Waals surface area (Å²) < 4.78 is 5.04. The number of carbonyl (C=O) groups excluding carboxylic acids is 1. The summed E-state index contributed by atoms with van der Waals surface area (Å²) in [6.07, 6.45) is 4.34. The zero-order valence-electron chi connectivity index (χ0n) is 9.64. The molecule has 3 nitrogen and oxygen atoms in total. The summed E-state index contributed by atoms with van der Waals surface area (Å²) in [6, 6.07) is 0. The summed E-state index contributed by atoms with van der Waals surface area (Å²) in [5.74, 6) is -0.125. The summed E-state index contributed by atoms with van der Waals surface area (Å²) in [5, 5.41) is 0. The van der Waals surface area contributed by atoms with Crippen molar-refractivity contribution in [2.24, 2.45) is 5.73 Å². The molecule has 0 aliphatic rings. The molecule has 0 spiro atoms. The van der Waals surface area contributed by atoms with E-state index in [-0.39, 0.29) is 11.5 Å². The van der Waals surface area contributed by atoms with Gasteiger partial charge in [-0.3, -0.25) is 4.79 Å². The molecule has 0 rings (SSSR count). The van der Waals surface area contributed by atoms with Gasteiger partial charge in [0.2, 0.25) is 0 Å². The van der Waals surface area contributed by atoms with Gasteiger partial charge in [0.1, 0.15) is 0 Å². The Hall–Kier alpha value is -0.570. The van der Waals surface area contributed by atoms with Crippen LogP contribution in [0.4, 0.5) is 0 Å². The minimum atomic E-state index is -0.275. The number of rotatable bonds is 7. The molecular formula is C11H23NO2. The summed E-state index contributed by atoms with van der Waals surface area (Å²) in [4.78, 5) is 11.2. The minimum absolute atomic E-state index is 0.125. The van der Waals surface area contributed by atoms with Crippen LogP contribution in [0.3, 0.4) is 0 Å². The molecule has 84 valence electrons. The molecule has 0 atom stereocenters. The molecule has 0 aliphatic carbocycles. The van der Waals surface area contributed by atoms with E-state index in [4.69, 9.17) is 10.5 Å². The van der Waals surface area contributed by atoms with Crippen LogP contribution < -0.4 is 5.73 Å². The fourth-order valence-electron chi connectivity index (χ4n) is 1.03. The molecule has 3 heteroatoms. The molecule has 0 aromatic heterocycles. The molecule has 0 aromatic rings. The lowest BCUT2D eigenvalue weighted by Gasteiger charge is -2.17. The SMILES string of the molecule is CCCCCOC(=O)CCC(C)(C)N. The molecule has 0 radical (unpaired) electrons. The van der Waals surface area contributed by atoms with E-state index in [1.807, 2.05) is 13.8 Å². The molecule has 14 heavy (non-hydrogen) atoms. The molecule has 0 aliphatic heterocycles. The topological polar surface area (TPSA) is 52.3 Å². The number of nitrogens with two attached hydrogens (primary N) is 1. The zero-order valence-corrected chi connectivity index (χ0v) is 9.64. The molecule has 0 fully saturated rings. The lowest BCUT2D eigenvalue weighted by molar-refractivity contribution is -0.144. The minimum Gasteiger partial charge on any atom is -0.466 e. The number of ether oxygens (including phenoxy) is 1. The second kappa shape index (κ2) is 6.82. The van der Waals surface area contributed by atoms with E-state index in [9.17, 15) is 4.79 Å². The van der Waals surface area contributed by atoms with Crippen LogP contribution in [0.25, 0.3) is 0 Å². The molecule has 0 saturated heterocycles. The van der Waals surface area contributed by atoms with E-state index >= 15 is 0 Å². The van der Waals surface area contributed by atoms with Crippen LogP contribution in [0.5, 0.6) is 0 Å². The van der Waals surface area contributed by atoms with E-state index in [0.717, 1.165) is 19.3 Å². The third-order valence-electron chi connectivity index (χ3n) is 1.98. The summed E-state index contributed by atoms with van der Waals surface area (Å²) in [5.41, 5.74) is 5.48. The van der Waals surface area contributed by atoms with Gasteiger partial charge in [0, 0.05) is 12.0 Å². The zero-order chi connectivity index (χ0) is 11.0. The maximum atomic E-state index is 11.2. The molecule has 0 heterocycles. The quantitative estimate of drug-likeness (QED) is 0.507. The second-order valence-electron chi connectivity index (χ2n) is 4.42. The van der Waals surface area contributed by atoms with Crippen LogP contribution in [-0.2, 0) is 9.53 Å². The van der Waals surface area contributed by atoms with Crippen LogP contribution in [0.15, 0.2) is 0 Å². The number of hydrogen-bond acceptors (Lipinski definition) is 3. The number of unbranched alkanes of at least 4 members (excludes halogenated alkanes) is 2. The van der Waals surface area contributed by atoms with Crippen LogP contribution in [0.1, 0.15) is 52.9 Å². The average molecular weight is 201 g/mol. The normalized spacial score (nSPS) is 11.4. The van der Waals surface area contributed by atoms with Crippen molar-refractivity contribution in [1.82, 2.24) is 0 Å². The second-order valence-corrected chi connectivity index (χ2v) is 4.42. The Morgan fingerprint density at radius 1 is 1.36 bits per heavy atom. The van der Waals surface area contributed by atoms with Crippen molar-refractivity contribution in [3.63, 3.8) is 0 Å². The fourth-order valence-corrected chi connectivity index (χ4v) is 1.03. The number of esters is 1. The first-order valence-corrected chi connectivity index (χ1v) is 5.40. The van der Waals surface area contributed by atoms with E-state index < -0.39 is 0 Å². The van der Waals surface area contributed by atoms with E-state index in [0.29, 0.717) is 19.4 Å². The highest BCUT2D eigenvalue weighted by Crippen LogP contribution is 2.07. The Morgan fingerprint density at radius 3 is 2.50 bits per heavy atom.